The number of allylic oxidation sites excluding steroid dienone is 2. The summed E-state index contributed by atoms with van der Waals surface area (Å²) >= 11 is 0. The number of carbonyl (C=O) groups is 3. The van der Waals surface area contributed by atoms with E-state index in [1.165, 1.54) is 20.1 Å². The topological polar surface area (TPSA) is 140 Å². The molecule has 0 aromatic rings. The van der Waals surface area contributed by atoms with E-state index in [9.17, 15) is 29.7 Å². The number of esters is 3. The van der Waals surface area contributed by atoms with Crippen LogP contribution < -0.4 is 0 Å². The second-order valence-electron chi connectivity index (χ2n) is 14.4. The maximum Gasteiger partial charge on any atom is 0.330 e. The lowest BCUT2D eigenvalue weighted by atomic mass is 9.29. The molecule has 5 aliphatic rings. The van der Waals surface area contributed by atoms with Crippen molar-refractivity contribution in [3.05, 3.63) is 23.8 Å². The lowest BCUT2D eigenvalue weighted by molar-refractivity contribution is -0.335. The molecule has 0 bridgehead atoms. The molecule has 4 aliphatic carbocycles. The van der Waals surface area contributed by atoms with Gasteiger partial charge in [0.05, 0.1) is 30.3 Å². The molecule has 0 amide bonds. The summed E-state index contributed by atoms with van der Waals surface area (Å²) in [5.41, 5.74) is -5.49. The smallest absolute Gasteiger partial charge is 0.330 e. The number of hydrogen-bond acceptors (Lipinski definition) is 9. The Bertz CT molecular complexity index is 1210. The summed E-state index contributed by atoms with van der Waals surface area (Å²) in [7, 11) is 1.35. The van der Waals surface area contributed by atoms with E-state index >= 15 is 0 Å². The molecule has 0 unspecified atom stereocenters. The van der Waals surface area contributed by atoms with Gasteiger partial charge in [-0.05, 0) is 69.1 Å². The number of carbonyl (C=O) groups excluding carboxylic acids is 3. The van der Waals surface area contributed by atoms with Crippen LogP contribution in [0.25, 0.3) is 0 Å². The monoisotopic (exact) mass is 574 g/mol. The summed E-state index contributed by atoms with van der Waals surface area (Å²) in [6.07, 6.45) is 4.30. The number of rotatable bonds is 3. The summed E-state index contributed by atoms with van der Waals surface area (Å²) in [5, 5.41) is 36.8. The Hall–Kier alpha value is -2.23. The average molecular weight is 575 g/mol. The van der Waals surface area contributed by atoms with Crippen LogP contribution in [0.5, 0.6) is 0 Å². The molecule has 3 fully saturated rings. The van der Waals surface area contributed by atoms with E-state index in [0.29, 0.717) is 38.5 Å². The average Bonchev–Trinajstić information content (AvgIpc) is 3.07. The summed E-state index contributed by atoms with van der Waals surface area (Å²) in [6.45, 7) is 10.6. The molecule has 1 heterocycles. The highest BCUT2D eigenvalue weighted by molar-refractivity contribution is 5.83. The standard InChI is InChI=1S/C32H46O9/c1-18-10-11-27(4)12-14-29(6)24-23(36)25(41-20(3)34)30(19(2)33)17-40-22(35)9-8-21(30)28(24,5)13-15-31(29,26(37)39-7)32(27,38)16-18/h8-10,19,21,23-25,33,36,38H,11-17H2,1-7H3/t19-,21-,23-,24-,25-,27+,28-,29+,30+,31-,32-/m0/s1. The Morgan fingerprint density at radius 3 is 2.44 bits per heavy atom. The fourth-order valence-corrected chi connectivity index (χ4v) is 10.8. The van der Waals surface area contributed by atoms with E-state index < -0.39 is 80.7 Å². The molecule has 0 aromatic heterocycles. The third-order valence-corrected chi connectivity index (χ3v) is 12.7. The zero-order valence-corrected chi connectivity index (χ0v) is 25.4. The molecule has 3 saturated carbocycles. The fraction of sp³-hybridized carbons (Fsp3) is 0.781. The van der Waals surface area contributed by atoms with Gasteiger partial charge in [0, 0.05) is 24.3 Å². The van der Waals surface area contributed by atoms with E-state index in [-0.39, 0.29) is 6.61 Å². The van der Waals surface area contributed by atoms with Crippen LogP contribution in [-0.2, 0) is 28.6 Å². The Morgan fingerprint density at radius 1 is 1.15 bits per heavy atom. The van der Waals surface area contributed by atoms with Gasteiger partial charge in [-0.25, -0.2) is 4.79 Å². The van der Waals surface area contributed by atoms with E-state index in [1.807, 2.05) is 27.7 Å². The highest BCUT2D eigenvalue weighted by Crippen LogP contribution is 2.78. The van der Waals surface area contributed by atoms with Crippen molar-refractivity contribution < 1.29 is 43.9 Å². The molecule has 9 heteroatoms. The van der Waals surface area contributed by atoms with Gasteiger partial charge in [0.1, 0.15) is 18.1 Å². The molecular formula is C32H46O9. The van der Waals surface area contributed by atoms with E-state index in [0.717, 1.165) is 5.57 Å². The Labute approximate surface area is 242 Å². The minimum Gasteiger partial charge on any atom is -0.468 e. The van der Waals surface area contributed by atoms with Gasteiger partial charge >= 0.3 is 17.9 Å². The third-order valence-electron chi connectivity index (χ3n) is 12.7. The summed E-state index contributed by atoms with van der Waals surface area (Å²) in [5.74, 6) is -2.93. The van der Waals surface area contributed by atoms with Gasteiger partial charge in [-0.3, -0.25) is 9.59 Å². The van der Waals surface area contributed by atoms with Gasteiger partial charge < -0.3 is 29.5 Å². The van der Waals surface area contributed by atoms with Crippen LogP contribution >= 0.6 is 0 Å². The molecule has 0 spiro atoms. The fourth-order valence-electron chi connectivity index (χ4n) is 10.8. The second-order valence-corrected chi connectivity index (χ2v) is 14.4. The van der Waals surface area contributed by atoms with Gasteiger partial charge in [0.15, 0.2) is 0 Å². The van der Waals surface area contributed by atoms with Gasteiger partial charge in [-0.1, -0.05) is 38.5 Å². The zero-order chi connectivity index (χ0) is 30.4. The van der Waals surface area contributed by atoms with Crippen LogP contribution in [0.15, 0.2) is 23.8 Å². The molecule has 1 aliphatic heterocycles. The molecular weight excluding hydrogens is 528 g/mol. The first-order valence-corrected chi connectivity index (χ1v) is 14.9. The second kappa shape index (κ2) is 9.38. The quantitative estimate of drug-likeness (QED) is 0.263. The van der Waals surface area contributed by atoms with E-state index in [2.05, 4.69) is 6.08 Å². The van der Waals surface area contributed by atoms with Crippen molar-refractivity contribution in [3.63, 3.8) is 0 Å². The Balaban J connectivity index is 1.79. The third kappa shape index (κ3) is 3.54. The first kappa shape index (κ1) is 30.2. The zero-order valence-electron chi connectivity index (χ0n) is 25.4. The SMILES string of the molecule is COC(=O)[C@@]12CC[C@@]3(C)[C@@H]4C=CC(=O)OC[C@]4([C@H](C)O)[C@@H](OC(C)=O)[C@@H](O)[C@@H]3[C@@]1(C)CC[C@@]1(C)CC=C(C)C[C@]12O. The summed E-state index contributed by atoms with van der Waals surface area (Å²) in [4.78, 5) is 39.3. The van der Waals surface area contributed by atoms with Gasteiger partial charge in [-0.2, -0.15) is 0 Å². The first-order valence-electron chi connectivity index (χ1n) is 14.9. The van der Waals surface area contributed by atoms with Crippen molar-refractivity contribution in [2.45, 2.75) is 104 Å². The highest BCUT2D eigenvalue weighted by atomic mass is 16.6. The highest BCUT2D eigenvalue weighted by Gasteiger charge is 2.82. The number of ether oxygens (including phenoxy) is 3. The predicted octanol–water partition coefficient (Wildman–Crippen LogP) is 3.24. The molecule has 0 aromatic carbocycles. The van der Waals surface area contributed by atoms with Crippen LogP contribution in [0.1, 0.15) is 80.1 Å². The van der Waals surface area contributed by atoms with Crippen LogP contribution in [0.2, 0.25) is 0 Å². The molecule has 11 atom stereocenters. The van der Waals surface area contributed by atoms with Gasteiger partial charge in [0.2, 0.25) is 0 Å². The van der Waals surface area contributed by atoms with Crippen molar-refractivity contribution in [1.29, 1.82) is 0 Å². The lowest BCUT2D eigenvalue weighted by Gasteiger charge is -2.75. The predicted molar refractivity (Wildman–Crippen MR) is 148 cm³/mol. The minimum atomic E-state index is -1.45. The first-order chi connectivity index (χ1) is 19.0. The maximum absolute atomic E-state index is 14.2. The molecule has 0 saturated heterocycles. The molecule has 0 radical (unpaired) electrons. The number of aliphatic hydroxyl groups is 3. The van der Waals surface area contributed by atoms with Gasteiger partial charge in [0.25, 0.3) is 0 Å². The van der Waals surface area contributed by atoms with Crippen LogP contribution in [0.4, 0.5) is 0 Å². The number of cyclic esters (lactones) is 1. The summed E-state index contributed by atoms with van der Waals surface area (Å²) in [6, 6.07) is 0. The van der Waals surface area contributed by atoms with E-state index in [1.54, 1.807) is 13.0 Å². The van der Waals surface area contributed by atoms with Crippen molar-refractivity contribution in [2.75, 3.05) is 13.7 Å². The molecule has 41 heavy (non-hydrogen) atoms. The van der Waals surface area contributed by atoms with E-state index in [4.69, 9.17) is 14.2 Å². The van der Waals surface area contributed by atoms with Gasteiger partial charge in [-0.15, -0.1) is 0 Å². The molecule has 9 nitrogen and oxygen atoms in total. The number of hydrogen-bond donors (Lipinski definition) is 3. The largest absolute Gasteiger partial charge is 0.468 e. The van der Waals surface area contributed by atoms with Crippen molar-refractivity contribution in [2.24, 2.45) is 38.9 Å². The van der Waals surface area contributed by atoms with Crippen molar-refractivity contribution >= 4 is 17.9 Å². The number of fused-ring (bicyclic) bond motifs is 7. The van der Waals surface area contributed by atoms with Crippen LogP contribution in [0.3, 0.4) is 0 Å². The molecule has 3 N–H and O–H groups in total. The lowest BCUT2D eigenvalue weighted by Crippen LogP contribution is -2.80. The summed E-state index contributed by atoms with van der Waals surface area (Å²) < 4.78 is 16.9. The number of aliphatic hydroxyl groups excluding tert-OH is 2. The van der Waals surface area contributed by atoms with Crippen molar-refractivity contribution in [3.8, 4) is 0 Å². The Morgan fingerprint density at radius 2 is 1.83 bits per heavy atom. The van der Waals surface area contributed by atoms with Crippen LogP contribution in [0, 0.1) is 38.9 Å². The van der Waals surface area contributed by atoms with Crippen LogP contribution in [-0.4, -0.2) is 70.9 Å². The number of methoxy groups -OCH3 is 1. The Kier molecular flexibility index (Phi) is 6.92. The minimum absolute atomic E-state index is 0.247. The molecule has 5 rings (SSSR count). The molecule has 228 valence electrons. The maximum atomic E-state index is 14.2. The van der Waals surface area contributed by atoms with Crippen molar-refractivity contribution in [1.82, 2.24) is 0 Å². The normalized spacial score (nSPS) is 49.5.